The fourth-order valence-corrected chi connectivity index (χ4v) is 6.91. The summed E-state index contributed by atoms with van der Waals surface area (Å²) < 4.78 is 5.33. The molecular weight excluding hydrogens is 702 g/mol. The lowest BCUT2D eigenvalue weighted by molar-refractivity contribution is -0.133. The van der Waals surface area contributed by atoms with Crippen molar-refractivity contribution in [3.8, 4) is 0 Å². The lowest BCUT2D eigenvalue weighted by atomic mass is 9.94. The first kappa shape index (κ1) is 40.6. The van der Waals surface area contributed by atoms with Gasteiger partial charge in [-0.1, -0.05) is 66.7 Å². The van der Waals surface area contributed by atoms with Crippen molar-refractivity contribution in [1.29, 1.82) is 0 Å². The Bertz CT molecular complexity index is 1860. The Hall–Kier alpha value is -5.60. The van der Waals surface area contributed by atoms with Crippen LogP contribution in [0.15, 0.2) is 78.9 Å². The normalized spacial score (nSPS) is 21.4. The number of nitrogens with two attached hydrogens (primary N) is 1. The zero-order valence-electron chi connectivity index (χ0n) is 31.0. The predicted molar refractivity (Wildman–Crippen MR) is 207 cm³/mol. The van der Waals surface area contributed by atoms with Gasteiger partial charge in [0.15, 0.2) is 0 Å². The molecular formula is C41H51N7O7. The SMILES string of the molecule is NCCOCCNC(=O)[C@@H]1CCNC(=O)/C=C/C(=O)N2CCC[C@H](C2)C(=O)N[C@@H](Cc2cccc3ccccc23)CC(=O)NCc2ccccc2CC(=O)N1. The maximum atomic E-state index is 13.8. The van der Waals surface area contributed by atoms with Crippen molar-refractivity contribution in [2.45, 2.75) is 57.2 Å². The Labute approximate surface area is 321 Å². The standard InChI is InChI=1S/C41H51N7O7/c42-17-21-55-22-19-44-41(54)35-16-18-43-36(49)14-15-39(52)48-20-6-12-32(27-48)40(53)46-33(23-30-11-5-10-28-7-3-4-13-34(28)30)25-37(50)45-26-31-9-2-1-8-29(31)24-38(51)47-35/h1-5,7-11,13-15,32-33,35H,6,12,16-27,42H2,(H,43,49)(H,44,54)(H,45,50)(H,46,53)(H,47,51)/b15-14+/t32-,33+,35+/m1/s1. The number of hydrogen-bond donors (Lipinski definition) is 6. The molecule has 3 aromatic carbocycles. The van der Waals surface area contributed by atoms with Gasteiger partial charge in [0.25, 0.3) is 0 Å². The van der Waals surface area contributed by atoms with Crippen LogP contribution in [0.25, 0.3) is 10.8 Å². The highest BCUT2D eigenvalue weighted by Crippen LogP contribution is 2.22. The van der Waals surface area contributed by atoms with Crippen molar-refractivity contribution in [3.05, 3.63) is 95.6 Å². The summed E-state index contributed by atoms with van der Waals surface area (Å²) in [5.74, 6) is -2.83. The number of piperidine rings is 1. The fraction of sp³-hybridized carbons (Fsp3) is 0.415. The van der Waals surface area contributed by atoms with Crippen LogP contribution < -0.4 is 32.3 Å². The Morgan fingerprint density at radius 3 is 2.47 bits per heavy atom. The average molecular weight is 754 g/mol. The first-order valence-electron chi connectivity index (χ1n) is 18.9. The molecule has 3 atom stereocenters. The molecule has 0 aliphatic carbocycles. The molecule has 0 unspecified atom stereocenters. The highest BCUT2D eigenvalue weighted by molar-refractivity contribution is 5.97. The molecule has 1 saturated heterocycles. The Morgan fingerprint density at radius 1 is 0.855 bits per heavy atom. The molecule has 2 heterocycles. The van der Waals surface area contributed by atoms with E-state index in [0.717, 1.165) is 28.0 Å². The van der Waals surface area contributed by atoms with E-state index in [1.165, 1.54) is 6.08 Å². The summed E-state index contributed by atoms with van der Waals surface area (Å²) in [6.07, 6.45) is 3.89. The van der Waals surface area contributed by atoms with Crippen molar-refractivity contribution in [2.24, 2.45) is 11.7 Å². The molecule has 1 fully saturated rings. The summed E-state index contributed by atoms with van der Waals surface area (Å²) in [5, 5.41) is 16.4. The minimum atomic E-state index is -0.976. The predicted octanol–water partition coefficient (Wildman–Crippen LogP) is 1.01. The molecule has 5 rings (SSSR count). The van der Waals surface area contributed by atoms with Crippen LogP contribution in [-0.2, 0) is 52.9 Å². The lowest BCUT2D eigenvalue weighted by Gasteiger charge is -2.32. The van der Waals surface area contributed by atoms with Gasteiger partial charge in [-0.15, -0.1) is 0 Å². The van der Waals surface area contributed by atoms with E-state index >= 15 is 0 Å². The van der Waals surface area contributed by atoms with Gasteiger partial charge in [0, 0.05) is 63.9 Å². The number of fused-ring (bicyclic) bond motifs is 4. The van der Waals surface area contributed by atoms with Gasteiger partial charge in [0.1, 0.15) is 6.04 Å². The third-order valence-corrected chi connectivity index (χ3v) is 9.74. The summed E-state index contributed by atoms with van der Waals surface area (Å²) in [6, 6.07) is 19.6. The number of nitrogens with one attached hydrogen (secondary N) is 5. The molecule has 14 heteroatoms. The van der Waals surface area contributed by atoms with Crippen molar-refractivity contribution >= 4 is 46.2 Å². The van der Waals surface area contributed by atoms with Crippen LogP contribution in [0.2, 0.25) is 0 Å². The highest BCUT2D eigenvalue weighted by Gasteiger charge is 2.30. The van der Waals surface area contributed by atoms with Gasteiger partial charge < -0.3 is 42.0 Å². The van der Waals surface area contributed by atoms with Crippen LogP contribution in [0.1, 0.15) is 42.4 Å². The van der Waals surface area contributed by atoms with Gasteiger partial charge in [-0.2, -0.15) is 0 Å². The molecule has 2 aliphatic rings. The molecule has 6 amide bonds. The van der Waals surface area contributed by atoms with E-state index in [1.807, 2.05) is 54.6 Å². The Balaban J connectivity index is 1.36. The van der Waals surface area contributed by atoms with E-state index in [9.17, 15) is 28.8 Å². The van der Waals surface area contributed by atoms with E-state index in [4.69, 9.17) is 10.5 Å². The number of hydrogen-bond acceptors (Lipinski definition) is 8. The quantitative estimate of drug-likeness (QED) is 0.183. The van der Waals surface area contributed by atoms with E-state index in [-0.39, 0.29) is 63.9 Å². The molecule has 14 nitrogen and oxygen atoms in total. The third kappa shape index (κ3) is 12.5. The van der Waals surface area contributed by atoms with Crippen molar-refractivity contribution in [2.75, 3.05) is 45.9 Å². The molecule has 292 valence electrons. The number of nitrogens with zero attached hydrogens (tertiary/aromatic N) is 1. The number of rotatable bonds is 8. The van der Waals surface area contributed by atoms with Crippen molar-refractivity contribution in [1.82, 2.24) is 31.5 Å². The van der Waals surface area contributed by atoms with E-state index in [1.54, 1.807) is 17.0 Å². The number of carbonyl (C=O) groups excluding carboxylic acids is 6. The average Bonchev–Trinajstić information content (AvgIpc) is 3.19. The maximum Gasteiger partial charge on any atom is 0.246 e. The largest absolute Gasteiger partial charge is 0.378 e. The van der Waals surface area contributed by atoms with E-state index in [0.29, 0.717) is 44.5 Å². The van der Waals surface area contributed by atoms with Gasteiger partial charge >= 0.3 is 0 Å². The summed E-state index contributed by atoms with van der Waals surface area (Å²) in [7, 11) is 0. The molecule has 3 aromatic rings. The monoisotopic (exact) mass is 753 g/mol. The summed E-state index contributed by atoms with van der Waals surface area (Å²) in [6.45, 7) is 1.92. The summed E-state index contributed by atoms with van der Waals surface area (Å²) in [4.78, 5) is 81.2. The summed E-state index contributed by atoms with van der Waals surface area (Å²) in [5.41, 5.74) is 7.83. The van der Waals surface area contributed by atoms with Gasteiger partial charge in [-0.25, -0.2) is 0 Å². The lowest BCUT2D eigenvalue weighted by Crippen LogP contribution is -2.49. The maximum absolute atomic E-state index is 13.8. The van der Waals surface area contributed by atoms with Crippen LogP contribution in [0.3, 0.4) is 0 Å². The second-order valence-electron chi connectivity index (χ2n) is 13.8. The molecule has 0 radical (unpaired) electrons. The first-order chi connectivity index (χ1) is 26.7. The Morgan fingerprint density at radius 2 is 1.64 bits per heavy atom. The molecule has 55 heavy (non-hydrogen) atoms. The molecule has 0 spiro atoms. The highest BCUT2D eigenvalue weighted by atomic mass is 16.5. The Kier molecular flexibility index (Phi) is 15.3. The van der Waals surface area contributed by atoms with Crippen LogP contribution >= 0.6 is 0 Å². The van der Waals surface area contributed by atoms with Gasteiger partial charge in [-0.05, 0) is 53.1 Å². The number of benzene rings is 3. The van der Waals surface area contributed by atoms with Crippen LogP contribution in [0.4, 0.5) is 0 Å². The van der Waals surface area contributed by atoms with E-state index in [2.05, 4.69) is 26.6 Å². The second-order valence-corrected chi connectivity index (χ2v) is 13.8. The zero-order chi connectivity index (χ0) is 39.0. The molecule has 2 aliphatic heterocycles. The smallest absolute Gasteiger partial charge is 0.246 e. The second kappa shape index (κ2) is 20.7. The number of ether oxygens (including phenoxy) is 1. The number of amides is 6. The van der Waals surface area contributed by atoms with E-state index < -0.39 is 41.6 Å². The third-order valence-electron chi connectivity index (χ3n) is 9.74. The summed E-state index contributed by atoms with van der Waals surface area (Å²) >= 11 is 0. The number of carbonyl (C=O) groups is 6. The minimum absolute atomic E-state index is 0.00111. The zero-order valence-corrected chi connectivity index (χ0v) is 31.0. The van der Waals surface area contributed by atoms with Crippen LogP contribution in [0.5, 0.6) is 0 Å². The molecule has 0 saturated carbocycles. The molecule has 7 N–H and O–H groups in total. The van der Waals surface area contributed by atoms with Crippen LogP contribution in [-0.4, -0.2) is 98.4 Å². The van der Waals surface area contributed by atoms with Crippen LogP contribution in [0, 0.1) is 5.92 Å². The fourth-order valence-electron chi connectivity index (χ4n) is 6.91. The van der Waals surface area contributed by atoms with Gasteiger partial charge in [-0.3, -0.25) is 28.8 Å². The topological polar surface area (TPSA) is 201 Å². The molecule has 0 aromatic heterocycles. The van der Waals surface area contributed by atoms with Gasteiger partial charge in [0.2, 0.25) is 35.4 Å². The molecule has 2 bridgehead atoms. The van der Waals surface area contributed by atoms with Crippen molar-refractivity contribution < 1.29 is 33.5 Å². The van der Waals surface area contributed by atoms with Gasteiger partial charge in [0.05, 0.1) is 25.6 Å². The first-order valence-corrected chi connectivity index (χ1v) is 18.9. The minimum Gasteiger partial charge on any atom is -0.378 e. The van der Waals surface area contributed by atoms with Crippen molar-refractivity contribution in [3.63, 3.8) is 0 Å².